The smallest absolute Gasteiger partial charge is 0.277 e. The zero-order valence-corrected chi connectivity index (χ0v) is 14.9. The molecule has 0 saturated heterocycles. The highest BCUT2D eigenvalue weighted by Crippen LogP contribution is 2.26. The number of amides is 1. The van der Waals surface area contributed by atoms with Gasteiger partial charge in [0.1, 0.15) is 5.75 Å². The van der Waals surface area contributed by atoms with E-state index in [0.717, 1.165) is 10.8 Å². The average molecular weight is 364 g/mol. The van der Waals surface area contributed by atoms with Crippen LogP contribution in [0, 0.1) is 0 Å². The molecule has 0 radical (unpaired) electrons. The van der Waals surface area contributed by atoms with E-state index in [1.807, 2.05) is 43.3 Å². The number of benzene rings is 3. The molecule has 6 nitrogen and oxygen atoms in total. The van der Waals surface area contributed by atoms with Gasteiger partial charge in [0.05, 0.1) is 12.8 Å². The van der Waals surface area contributed by atoms with Crippen LogP contribution in [0.2, 0.25) is 0 Å². The number of hydrogen-bond donors (Lipinski definition) is 2. The van der Waals surface area contributed by atoms with E-state index in [4.69, 9.17) is 9.47 Å². The summed E-state index contributed by atoms with van der Waals surface area (Å²) < 4.78 is 10.9. The molecule has 0 atom stereocenters. The van der Waals surface area contributed by atoms with Crippen molar-refractivity contribution in [2.24, 2.45) is 5.10 Å². The van der Waals surface area contributed by atoms with Crippen molar-refractivity contribution in [2.75, 3.05) is 13.2 Å². The number of fused-ring (bicyclic) bond motifs is 1. The predicted octanol–water partition coefficient (Wildman–Crippen LogP) is 3.47. The van der Waals surface area contributed by atoms with Crippen molar-refractivity contribution in [1.82, 2.24) is 5.43 Å². The van der Waals surface area contributed by atoms with Crippen LogP contribution < -0.4 is 14.9 Å². The lowest BCUT2D eigenvalue weighted by molar-refractivity contribution is -0.123. The van der Waals surface area contributed by atoms with E-state index in [0.29, 0.717) is 23.7 Å². The lowest BCUT2D eigenvalue weighted by Gasteiger charge is -2.10. The van der Waals surface area contributed by atoms with Gasteiger partial charge in [0.15, 0.2) is 18.1 Å². The summed E-state index contributed by atoms with van der Waals surface area (Å²) in [7, 11) is 0. The second-order valence-corrected chi connectivity index (χ2v) is 5.68. The van der Waals surface area contributed by atoms with Gasteiger partial charge < -0.3 is 14.6 Å². The van der Waals surface area contributed by atoms with Gasteiger partial charge in [-0.15, -0.1) is 0 Å². The van der Waals surface area contributed by atoms with E-state index in [2.05, 4.69) is 10.5 Å². The number of nitrogens with one attached hydrogen (secondary N) is 1. The van der Waals surface area contributed by atoms with Crippen molar-refractivity contribution in [1.29, 1.82) is 0 Å². The van der Waals surface area contributed by atoms with Gasteiger partial charge in [-0.1, -0.05) is 42.5 Å². The van der Waals surface area contributed by atoms with Crippen molar-refractivity contribution < 1.29 is 19.4 Å². The summed E-state index contributed by atoms with van der Waals surface area (Å²) in [5, 5.41) is 15.8. The fraction of sp³-hybridized carbons (Fsp3) is 0.143. The van der Waals surface area contributed by atoms with Gasteiger partial charge in [-0.05, 0) is 35.9 Å². The largest absolute Gasteiger partial charge is 0.507 e. The molecule has 0 aromatic heterocycles. The molecule has 2 N–H and O–H groups in total. The molecular formula is C21H20N2O4. The summed E-state index contributed by atoms with van der Waals surface area (Å²) in [6, 6.07) is 18.2. The number of carbonyl (C=O) groups excluding carboxylic acids is 1. The first-order chi connectivity index (χ1) is 13.2. The number of phenolic OH excluding ortho intramolecular Hbond substituents is 1. The fourth-order valence-corrected chi connectivity index (χ4v) is 2.61. The molecule has 6 heteroatoms. The molecule has 3 aromatic rings. The Kier molecular flexibility index (Phi) is 5.89. The van der Waals surface area contributed by atoms with Crippen LogP contribution in [0.25, 0.3) is 10.8 Å². The fourth-order valence-electron chi connectivity index (χ4n) is 2.61. The van der Waals surface area contributed by atoms with Crippen molar-refractivity contribution in [3.63, 3.8) is 0 Å². The number of para-hydroxylation sites is 2. The SMILES string of the molecule is CCOc1ccccc1OCC(=O)N/N=C\c1c(O)ccc2ccccc12. The third kappa shape index (κ3) is 4.55. The predicted molar refractivity (Wildman–Crippen MR) is 104 cm³/mol. The van der Waals surface area contributed by atoms with Gasteiger partial charge >= 0.3 is 0 Å². The van der Waals surface area contributed by atoms with Crippen LogP contribution in [0.4, 0.5) is 0 Å². The number of nitrogens with zero attached hydrogens (tertiary/aromatic N) is 1. The third-order valence-electron chi connectivity index (χ3n) is 3.84. The summed E-state index contributed by atoms with van der Waals surface area (Å²) >= 11 is 0. The molecular weight excluding hydrogens is 344 g/mol. The Labute approximate surface area is 157 Å². The maximum absolute atomic E-state index is 12.0. The Morgan fingerprint density at radius 1 is 1.04 bits per heavy atom. The van der Waals surface area contributed by atoms with Crippen LogP contribution in [0.3, 0.4) is 0 Å². The summed E-state index contributed by atoms with van der Waals surface area (Å²) in [5.41, 5.74) is 2.94. The minimum atomic E-state index is -0.419. The minimum Gasteiger partial charge on any atom is -0.507 e. The standard InChI is InChI=1S/C21H20N2O4/c1-2-26-19-9-5-6-10-20(19)27-14-21(25)23-22-13-17-16-8-4-3-7-15(16)11-12-18(17)24/h3-13,24H,2,14H2,1H3,(H,23,25)/b22-13-. The zero-order valence-electron chi connectivity index (χ0n) is 14.9. The zero-order chi connectivity index (χ0) is 19.1. The van der Waals surface area contributed by atoms with Gasteiger partial charge in [-0.3, -0.25) is 4.79 Å². The highest BCUT2D eigenvalue weighted by atomic mass is 16.5. The summed E-state index contributed by atoms with van der Waals surface area (Å²) in [6.45, 7) is 2.18. The first-order valence-electron chi connectivity index (χ1n) is 8.56. The molecule has 0 unspecified atom stereocenters. The van der Waals surface area contributed by atoms with Crippen LogP contribution >= 0.6 is 0 Å². The number of aromatic hydroxyl groups is 1. The summed E-state index contributed by atoms with van der Waals surface area (Å²) in [4.78, 5) is 12.0. The van der Waals surface area contributed by atoms with Gasteiger partial charge in [0.25, 0.3) is 5.91 Å². The Balaban J connectivity index is 1.62. The molecule has 0 aliphatic heterocycles. The molecule has 0 fully saturated rings. The second kappa shape index (κ2) is 8.71. The number of phenols is 1. The molecule has 0 aliphatic rings. The monoisotopic (exact) mass is 364 g/mol. The van der Waals surface area contributed by atoms with Crippen molar-refractivity contribution in [2.45, 2.75) is 6.92 Å². The number of ether oxygens (including phenoxy) is 2. The molecule has 0 bridgehead atoms. The molecule has 3 rings (SSSR count). The maximum atomic E-state index is 12.0. The molecule has 0 aliphatic carbocycles. The van der Waals surface area contributed by atoms with Crippen molar-refractivity contribution in [3.05, 3.63) is 66.2 Å². The number of hydrazone groups is 1. The van der Waals surface area contributed by atoms with E-state index in [-0.39, 0.29) is 12.4 Å². The topological polar surface area (TPSA) is 80.2 Å². The van der Waals surface area contributed by atoms with E-state index in [1.165, 1.54) is 6.21 Å². The molecule has 27 heavy (non-hydrogen) atoms. The highest BCUT2D eigenvalue weighted by Gasteiger charge is 2.07. The van der Waals surface area contributed by atoms with Gasteiger partial charge in [-0.2, -0.15) is 5.10 Å². The van der Waals surface area contributed by atoms with Crippen LogP contribution in [-0.4, -0.2) is 30.4 Å². The maximum Gasteiger partial charge on any atom is 0.277 e. The lowest BCUT2D eigenvalue weighted by Crippen LogP contribution is -2.24. The lowest BCUT2D eigenvalue weighted by atomic mass is 10.0. The third-order valence-corrected chi connectivity index (χ3v) is 3.84. The van der Waals surface area contributed by atoms with Crippen molar-refractivity contribution >= 4 is 22.9 Å². The molecule has 0 saturated carbocycles. The molecule has 0 spiro atoms. The average Bonchev–Trinajstić information content (AvgIpc) is 2.69. The van der Waals surface area contributed by atoms with Gasteiger partial charge in [-0.25, -0.2) is 5.43 Å². The van der Waals surface area contributed by atoms with Crippen LogP contribution in [0.1, 0.15) is 12.5 Å². The number of carbonyl (C=O) groups is 1. The Morgan fingerprint density at radius 2 is 1.74 bits per heavy atom. The molecule has 3 aromatic carbocycles. The quantitative estimate of drug-likeness (QED) is 0.497. The second-order valence-electron chi connectivity index (χ2n) is 5.68. The molecule has 0 heterocycles. The van der Waals surface area contributed by atoms with Crippen LogP contribution in [0.15, 0.2) is 65.8 Å². The van der Waals surface area contributed by atoms with E-state index in [9.17, 15) is 9.90 Å². The Hall–Kier alpha value is -3.54. The van der Waals surface area contributed by atoms with E-state index in [1.54, 1.807) is 24.3 Å². The first-order valence-corrected chi connectivity index (χ1v) is 8.56. The molecule has 1 amide bonds. The van der Waals surface area contributed by atoms with E-state index >= 15 is 0 Å². The number of hydrogen-bond acceptors (Lipinski definition) is 5. The highest BCUT2D eigenvalue weighted by molar-refractivity contribution is 6.02. The Bertz CT molecular complexity index is 969. The molecule has 138 valence electrons. The van der Waals surface area contributed by atoms with Crippen LogP contribution in [-0.2, 0) is 4.79 Å². The van der Waals surface area contributed by atoms with E-state index < -0.39 is 5.91 Å². The summed E-state index contributed by atoms with van der Waals surface area (Å²) in [6.07, 6.45) is 1.42. The Morgan fingerprint density at radius 3 is 2.52 bits per heavy atom. The number of rotatable bonds is 7. The normalized spacial score (nSPS) is 10.9. The van der Waals surface area contributed by atoms with Gasteiger partial charge in [0, 0.05) is 5.56 Å². The van der Waals surface area contributed by atoms with Crippen molar-refractivity contribution in [3.8, 4) is 17.2 Å². The van der Waals surface area contributed by atoms with Crippen LogP contribution in [0.5, 0.6) is 17.2 Å². The summed E-state index contributed by atoms with van der Waals surface area (Å²) in [5.74, 6) is 0.744. The van der Waals surface area contributed by atoms with Gasteiger partial charge in [0.2, 0.25) is 0 Å². The first kappa shape index (κ1) is 18.3. The minimum absolute atomic E-state index is 0.0913.